The molecule has 6 heteroatoms. The van der Waals surface area contributed by atoms with Crippen molar-refractivity contribution in [1.29, 1.82) is 0 Å². The molecule has 2 aliphatic heterocycles. The zero-order valence-corrected chi connectivity index (χ0v) is 17.0. The molecule has 1 aromatic carbocycles. The molecule has 0 amide bonds. The van der Waals surface area contributed by atoms with E-state index >= 15 is 0 Å². The van der Waals surface area contributed by atoms with E-state index in [1.54, 1.807) is 0 Å². The molecule has 2 saturated heterocycles. The second kappa shape index (κ2) is 9.95. The van der Waals surface area contributed by atoms with Gasteiger partial charge in [0.25, 0.3) is 0 Å². The van der Waals surface area contributed by atoms with Gasteiger partial charge in [-0.05, 0) is 50.9 Å². The van der Waals surface area contributed by atoms with Gasteiger partial charge in [0.05, 0.1) is 13.2 Å². The van der Waals surface area contributed by atoms with Crippen molar-refractivity contribution in [2.45, 2.75) is 38.8 Å². The maximum Gasteiger partial charge on any atom is 0.191 e. The third-order valence-electron chi connectivity index (χ3n) is 5.35. The molecule has 0 aromatic heterocycles. The molecule has 0 radical (unpaired) electrons. The predicted octanol–water partition coefficient (Wildman–Crippen LogP) is 2.17. The highest BCUT2D eigenvalue weighted by atomic mass is 16.5. The third kappa shape index (κ3) is 6.11. The van der Waals surface area contributed by atoms with Crippen LogP contribution in [0.5, 0.6) is 5.75 Å². The number of aliphatic imine (C=N–C) groups is 1. The number of nitrogens with one attached hydrogen (secondary N) is 2. The van der Waals surface area contributed by atoms with E-state index in [4.69, 9.17) is 9.47 Å². The Hall–Kier alpha value is -1.79. The number of rotatable bonds is 6. The number of nitrogens with zero attached hydrogens (tertiary/aromatic N) is 2. The van der Waals surface area contributed by atoms with Crippen LogP contribution in [0, 0.1) is 12.8 Å². The first-order valence-corrected chi connectivity index (χ1v) is 10.1. The predicted molar refractivity (Wildman–Crippen MR) is 109 cm³/mol. The standard InChI is InChI=1S/C21H34N4O2/c1-16-6-7-18(20(11-16)27-19-8-10-26-15-19)13-24-21(22-2)23-12-17-5-4-9-25(3)14-17/h6-7,11,17,19H,4-5,8-10,12-15H2,1-3H3,(H2,22,23,24). The lowest BCUT2D eigenvalue weighted by molar-refractivity contribution is 0.140. The second-order valence-electron chi connectivity index (χ2n) is 7.79. The van der Waals surface area contributed by atoms with Crippen LogP contribution in [0.3, 0.4) is 0 Å². The fourth-order valence-corrected chi connectivity index (χ4v) is 3.78. The highest BCUT2D eigenvalue weighted by Crippen LogP contribution is 2.23. The van der Waals surface area contributed by atoms with Crippen molar-refractivity contribution in [1.82, 2.24) is 15.5 Å². The molecule has 6 nitrogen and oxygen atoms in total. The highest BCUT2D eigenvalue weighted by Gasteiger charge is 2.19. The SMILES string of the molecule is CN=C(NCc1ccc(C)cc1OC1CCOC1)NCC1CCCN(C)C1. The summed E-state index contributed by atoms with van der Waals surface area (Å²) in [6, 6.07) is 6.38. The molecule has 2 N–H and O–H groups in total. The molecule has 0 spiro atoms. The van der Waals surface area contributed by atoms with Crippen LogP contribution in [0.25, 0.3) is 0 Å². The summed E-state index contributed by atoms with van der Waals surface area (Å²) < 4.78 is 11.6. The topological polar surface area (TPSA) is 58.1 Å². The minimum absolute atomic E-state index is 0.159. The molecule has 2 fully saturated rings. The summed E-state index contributed by atoms with van der Waals surface area (Å²) in [5.74, 6) is 2.48. The van der Waals surface area contributed by atoms with Crippen LogP contribution < -0.4 is 15.4 Å². The number of ether oxygens (including phenoxy) is 2. The summed E-state index contributed by atoms with van der Waals surface area (Å²) >= 11 is 0. The maximum absolute atomic E-state index is 6.19. The van der Waals surface area contributed by atoms with Crippen molar-refractivity contribution in [3.05, 3.63) is 29.3 Å². The second-order valence-corrected chi connectivity index (χ2v) is 7.79. The van der Waals surface area contributed by atoms with E-state index in [2.05, 4.69) is 52.7 Å². The van der Waals surface area contributed by atoms with Gasteiger partial charge in [0.2, 0.25) is 0 Å². The third-order valence-corrected chi connectivity index (χ3v) is 5.35. The summed E-state index contributed by atoms with van der Waals surface area (Å²) in [5.41, 5.74) is 2.35. The lowest BCUT2D eigenvalue weighted by atomic mass is 9.99. The Morgan fingerprint density at radius 2 is 2.22 bits per heavy atom. The van der Waals surface area contributed by atoms with E-state index in [1.807, 2.05) is 7.05 Å². The Morgan fingerprint density at radius 3 is 2.96 bits per heavy atom. The quantitative estimate of drug-likeness (QED) is 0.590. The van der Waals surface area contributed by atoms with Crippen molar-refractivity contribution < 1.29 is 9.47 Å². The van der Waals surface area contributed by atoms with E-state index in [9.17, 15) is 0 Å². The fourth-order valence-electron chi connectivity index (χ4n) is 3.78. The average Bonchev–Trinajstić information content (AvgIpc) is 3.16. The summed E-state index contributed by atoms with van der Waals surface area (Å²) in [7, 11) is 4.03. The number of hydrogen-bond donors (Lipinski definition) is 2. The van der Waals surface area contributed by atoms with Gasteiger partial charge in [-0.1, -0.05) is 12.1 Å². The van der Waals surface area contributed by atoms with Gasteiger partial charge in [-0.3, -0.25) is 4.99 Å². The van der Waals surface area contributed by atoms with Crippen LogP contribution in [-0.2, 0) is 11.3 Å². The van der Waals surface area contributed by atoms with Crippen molar-refractivity contribution in [3.8, 4) is 5.75 Å². The van der Waals surface area contributed by atoms with Crippen LogP contribution in [0.2, 0.25) is 0 Å². The zero-order chi connectivity index (χ0) is 19.1. The number of likely N-dealkylation sites (tertiary alicyclic amines) is 1. The lowest BCUT2D eigenvalue weighted by Crippen LogP contribution is -2.43. The highest BCUT2D eigenvalue weighted by molar-refractivity contribution is 5.79. The van der Waals surface area contributed by atoms with Gasteiger partial charge in [-0.2, -0.15) is 0 Å². The van der Waals surface area contributed by atoms with Gasteiger partial charge in [0.1, 0.15) is 11.9 Å². The molecule has 27 heavy (non-hydrogen) atoms. The summed E-state index contributed by atoms with van der Waals surface area (Å²) in [5, 5.41) is 6.92. The van der Waals surface area contributed by atoms with Crippen LogP contribution in [0.1, 0.15) is 30.4 Å². The minimum atomic E-state index is 0.159. The minimum Gasteiger partial charge on any atom is -0.488 e. The molecule has 2 unspecified atom stereocenters. The van der Waals surface area contributed by atoms with Crippen molar-refractivity contribution in [2.24, 2.45) is 10.9 Å². The van der Waals surface area contributed by atoms with Crippen LogP contribution in [0.4, 0.5) is 0 Å². The Bertz CT molecular complexity index is 629. The Balaban J connectivity index is 1.52. The molecular formula is C21H34N4O2. The van der Waals surface area contributed by atoms with E-state index in [0.717, 1.165) is 43.4 Å². The van der Waals surface area contributed by atoms with Crippen LogP contribution in [0.15, 0.2) is 23.2 Å². The number of hydrogen-bond acceptors (Lipinski definition) is 4. The molecule has 150 valence electrons. The lowest BCUT2D eigenvalue weighted by Gasteiger charge is -2.30. The smallest absolute Gasteiger partial charge is 0.191 e. The Morgan fingerprint density at radius 1 is 1.33 bits per heavy atom. The number of benzene rings is 1. The molecule has 3 rings (SSSR count). The molecular weight excluding hydrogens is 340 g/mol. The van der Waals surface area contributed by atoms with Crippen molar-refractivity contribution in [3.63, 3.8) is 0 Å². The van der Waals surface area contributed by atoms with Crippen molar-refractivity contribution >= 4 is 5.96 Å². The summed E-state index contributed by atoms with van der Waals surface area (Å²) in [6.07, 6.45) is 3.68. The number of piperidine rings is 1. The molecule has 2 heterocycles. The molecule has 0 saturated carbocycles. The van der Waals surface area contributed by atoms with E-state index in [-0.39, 0.29) is 6.10 Å². The van der Waals surface area contributed by atoms with E-state index in [0.29, 0.717) is 19.1 Å². The first-order valence-electron chi connectivity index (χ1n) is 10.1. The average molecular weight is 375 g/mol. The van der Waals surface area contributed by atoms with Crippen molar-refractivity contribution in [2.75, 3.05) is 46.9 Å². The zero-order valence-electron chi connectivity index (χ0n) is 17.0. The molecule has 0 aliphatic carbocycles. The van der Waals surface area contributed by atoms with Gasteiger partial charge in [0, 0.05) is 38.7 Å². The van der Waals surface area contributed by atoms with Gasteiger partial charge in [0.15, 0.2) is 5.96 Å². The molecule has 0 bridgehead atoms. The van der Waals surface area contributed by atoms with Gasteiger partial charge >= 0.3 is 0 Å². The van der Waals surface area contributed by atoms with Gasteiger partial charge < -0.3 is 25.0 Å². The molecule has 1 aromatic rings. The van der Waals surface area contributed by atoms with Crippen LogP contribution >= 0.6 is 0 Å². The summed E-state index contributed by atoms with van der Waals surface area (Å²) in [4.78, 5) is 6.79. The van der Waals surface area contributed by atoms with Gasteiger partial charge in [-0.15, -0.1) is 0 Å². The first kappa shape index (κ1) is 20.0. The number of aryl methyl sites for hydroxylation is 1. The fraction of sp³-hybridized carbons (Fsp3) is 0.667. The monoisotopic (exact) mass is 374 g/mol. The molecule has 2 aliphatic rings. The van der Waals surface area contributed by atoms with E-state index in [1.165, 1.54) is 24.9 Å². The van der Waals surface area contributed by atoms with Crippen LogP contribution in [-0.4, -0.2) is 63.9 Å². The van der Waals surface area contributed by atoms with Gasteiger partial charge in [-0.25, -0.2) is 0 Å². The Kier molecular flexibility index (Phi) is 7.35. The maximum atomic E-state index is 6.19. The van der Waals surface area contributed by atoms with E-state index < -0.39 is 0 Å². The molecule has 2 atom stereocenters. The number of guanidine groups is 1. The first-order chi connectivity index (χ1) is 13.1. The Labute approximate surface area is 163 Å². The normalized spacial score (nSPS) is 24.0. The summed E-state index contributed by atoms with van der Waals surface area (Å²) in [6.45, 7) is 7.58. The largest absolute Gasteiger partial charge is 0.488 e.